The number of allylic oxidation sites excluding steroid dienone is 1. The lowest BCUT2D eigenvalue weighted by Crippen LogP contribution is -2.32. The highest BCUT2D eigenvalue weighted by molar-refractivity contribution is 5.13. The Morgan fingerprint density at radius 3 is 1.78 bits per heavy atom. The average Bonchev–Trinajstić information content (AvgIpc) is 1.64. The molecule has 0 rings (SSSR count). The highest BCUT2D eigenvalue weighted by atomic mass is 14.8. The summed E-state index contributed by atoms with van der Waals surface area (Å²) in [4.78, 5) is 0. The predicted molar refractivity (Wildman–Crippen MR) is 40.8 cm³/mol. The molecule has 0 aliphatic heterocycles. The van der Waals surface area contributed by atoms with Crippen LogP contribution in [-0.2, 0) is 0 Å². The lowest BCUT2D eigenvalue weighted by molar-refractivity contribution is 0.764. The van der Waals surface area contributed by atoms with Crippen molar-refractivity contribution in [1.82, 2.24) is 0 Å². The van der Waals surface area contributed by atoms with Crippen molar-refractivity contribution in [2.75, 3.05) is 0 Å². The SMILES string of the molecule is CCC(=C(C)C)C(N)N. The first kappa shape index (κ1) is 8.66. The predicted octanol–water partition coefficient (Wildman–Crippen LogP) is 0.976. The van der Waals surface area contributed by atoms with Crippen molar-refractivity contribution in [2.24, 2.45) is 11.5 Å². The molecule has 0 aliphatic carbocycles. The normalized spacial score (nSPS) is 10.0. The number of hydrogen-bond acceptors (Lipinski definition) is 2. The molecular weight excluding hydrogens is 112 g/mol. The van der Waals surface area contributed by atoms with Crippen LogP contribution in [0.25, 0.3) is 0 Å². The minimum atomic E-state index is -0.264. The Morgan fingerprint density at radius 2 is 1.78 bits per heavy atom. The molecule has 2 heteroatoms. The summed E-state index contributed by atoms with van der Waals surface area (Å²) in [6.07, 6.45) is 0.694. The van der Waals surface area contributed by atoms with Gasteiger partial charge in [0.1, 0.15) is 0 Å². The van der Waals surface area contributed by atoms with E-state index in [4.69, 9.17) is 11.5 Å². The van der Waals surface area contributed by atoms with Crippen molar-refractivity contribution in [3.63, 3.8) is 0 Å². The third kappa shape index (κ3) is 2.63. The summed E-state index contributed by atoms with van der Waals surface area (Å²) in [5.41, 5.74) is 13.3. The Kier molecular flexibility index (Phi) is 3.50. The van der Waals surface area contributed by atoms with Crippen molar-refractivity contribution >= 4 is 0 Å². The van der Waals surface area contributed by atoms with Crippen LogP contribution in [0.4, 0.5) is 0 Å². The van der Waals surface area contributed by atoms with Crippen LogP contribution in [0.15, 0.2) is 11.1 Å². The fraction of sp³-hybridized carbons (Fsp3) is 0.714. The first-order valence-electron chi connectivity index (χ1n) is 3.27. The summed E-state index contributed by atoms with van der Waals surface area (Å²) >= 11 is 0. The van der Waals surface area contributed by atoms with Crippen LogP contribution in [0.5, 0.6) is 0 Å². The van der Waals surface area contributed by atoms with Gasteiger partial charge in [-0.3, -0.25) is 0 Å². The van der Waals surface area contributed by atoms with Crippen LogP contribution in [-0.4, -0.2) is 6.17 Å². The van der Waals surface area contributed by atoms with Crippen LogP contribution in [0.1, 0.15) is 27.2 Å². The van der Waals surface area contributed by atoms with E-state index in [1.165, 1.54) is 5.57 Å². The molecule has 4 N–H and O–H groups in total. The van der Waals surface area contributed by atoms with Gasteiger partial charge in [-0.1, -0.05) is 12.5 Å². The molecule has 0 bridgehead atoms. The highest BCUT2D eigenvalue weighted by Gasteiger charge is 2.01. The maximum absolute atomic E-state index is 5.47. The van der Waals surface area contributed by atoms with E-state index in [9.17, 15) is 0 Å². The van der Waals surface area contributed by atoms with Crippen molar-refractivity contribution in [3.8, 4) is 0 Å². The minimum Gasteiger partial charge on any atom is -0.313 e. The Labute approximate surface area is 56.9 Å². The summed E-state index contributed by atoms with van der Waals surface area (Å²) in [6.45, 7) is 6.13. The molecule has 0 heterocycles. The van der Waals surface area contributed by atoms with Gasteiger partial charge >= 0.3 is 0 Å². The maximum atomic E-state index is 5.47. The Morgan fingerprint density at radius 1 is 1.33 bits per heavy atom. The van der Waals surface area contributed by atoms with Crippen molar-refractivity contribution in [1.29, 1.82) is 0 Å². The summed E-state index contributed by atoms with van der Waals surface area (Å²) < 4.78 is 0. The van der Waals surface area contributed by atoms with Gasteiger partial charge in [-0.25, -0.2) is 0 Å². The molecule has 54 valence electrons. The maximum Gasteiger partial charge on any atom is 0.0745 e. The van der Waals surface area contributed by atoms with Crippen LogP contribution >= 0.6 is 0 Å². The summed E-state index contributed by atoms with van der Waals surface area (Å²) in [7, 11) is 0. The van der Waals surface area contributed by atoms with E-state index < -0.39 is 0 Å². The molecule has 2 nitrogen and oxygen atoms in total. The Bertz CT molecular complexity index is 110. The van der Waals surface area contributed by atoms with Gasteiger partial charge < -0.3 is 11.5 Å². The van der Waals surface area contributed by atoms with Gasteiger partial charge in [0, 0.05) is 0 Å². The van der Waals surface area contributed by atoms with Crippen LogP contribution in [0, 0.1) is 0 Å². The van der Waals surface area contributed by atoms with Crippen molar-refractivity contribution in [3.05, 3.63) is 11.1 Å². The topological polar surface area (TPSA) is 52.0 Å². The molecule has 0 aromatic rings. The summed E-state index contributed by atoms with van der Waals surface area (Å²) in [6, 6.07) is 0. The van der Waals surface area contributed by atoms with Gasteiger partial charge in [0.15, 0.2) is 0 Å². The van der Waals surface area contributed by atoms with Gasteiger partial charge in [-0.05, 0) is 25.8 Å². The largest absolute Gasteiger partial charge is 0.313 e. The van der Waals surface area contributed by atoms with E-state index in [2.05, 4.69) is 6.92 Å². The molecule has 0 aliphatic rings. The summed E-state index contributed by atoms with van der Waals surface area (Å²) in [5.74, 6) is 0. The molecule has 0 atom stereocenters. The quantitative estimate of drug-likeness (QED) is 0.430. The Balaban J connectivity index is 4.16. The molecule has 0 spiro atoms. The molecule has 0 fully saturated rings. The molecule has 0 unspecified atom stereocenters. The van der Waals surface area contributed by atoms with Gasteiger partial charge in [-0.15, -0.1) is 0 Å². The molecular formula is C7H16N2. The second kappa shape index (κ2) is 3.64. The van der Waals surface area contributed by atoms with Gasteiger partial charge in [0.05, 0.1) is 6.17 Å². The third-order valence-electron chi connectivity index (χ3n) is 1.43. The van der Waals surface area contributed by atoms with E-state index >= 15 is 0 Å². The number of nitrogens with two attached hydrogens (primary N) is 2. The lowest BCUT2D eigenvalue weighted by Gasteiger charge is -2.10. The van der Waals surface area contributed by atoms with E-state index in [0.717, 1.165) is 12.0 Å². The zero-order valence-electron chi connectivity index (χ0n) is 6.44. The van der Waals surface area contributed by atoms with Crippen LogP contribution in [0.3, 0.4) is 0 Å². The molecule has 0 radical (unpaired) electrons. The van der Waals surface area contributed by atoms with Gasteiger partial charge in [0.25, 0.3) is 0 Å². The monoisotopic (exact) mass is 128 g/mol. The average molecular weight is 128 g/mol. The summed E-state index contributed by atoms with van der Waals surface area (Å²) in [5, 5.41) is 0. The van der Waals surface area contributed by atoms with E-state index in [1.807, 2.05) is 13.8 Å². The lowest BCUT2D eigenvalue weighted by atomic mass is 10.1. The molecule has 0 saturated heterocycles. The molecule has 0 amide bonds. The molecule has 0 aromatic heterocycles. The van der Waals surface area contributed by atoms with Gasteiger partial charge in [-0.2, -0.15) is 0 Å². The zero-order valence-corrected chi connectivity index (χ0v) is 6.44. The molecule has 0 aromatic carbocycles. The molecule has 0 saturated carbocycles. The van der Waals surface area contributed by atoms with Crippen molar-refractivity contribution in [2.45, 2.75) is 33.4 Å². The fourth-order valence-electron chi connectivity index (χ4n) is 0.923. The number of rotatable bonds is 2. The van der Waals surface area contributed by atoms with Gasteiger partial charge in [0.2, 0.25) is 0 Å². The standard InChI is InChI=1S/C7H16N2/c1-4-6(5(2)3)7(8)9/h7H,4,8-9H2,1-3H3. The van der Waals surface area contributed by atoms with E-state index in [0.29, 0.717) is 0 Å². The van der Waals surface area contributed by atoms with E-state index in [-0.39, 0.29) is 6.17 Å². The third-order valence-corrected chi connectivity index (χ3v) is 1.43. The smallest absolute Gasteiger partial charge is 0.0745 e. The zero-order chi connectivity index (χ0) is 7.44. The minimum absolute atomic E-state index is 0.264. The first-order chi connectivity index (χ1) is 4.09. The molecule has 9 heavy (non-hydrogen) atoms. The highest BCUT2D eigenvalue weighted by Crippen LogP contribution is 2.07. The van der Waals surface area contributed by atoms with Crippen LogP contribution in [0.2, 0.25) is 0 Å². The second-order valence-electron chi connectivity index (χ2n) is 2.40. The van der Waals surface area contributed by atoms with Crippen molar-refractivity contribution < 1.29 is 0 Å². The fourth-order valence-corrected chi connectivity index (χ4v) is 0.923. The first-order valence-corrected chi connectivity index (χ1v) is 3.27. The van der Waals surface area contributed by atoms with E-state index in [1.54, 1.807) is 0 Å². The Hall–Kier alpha value is -0.340. The van der Waals surface area contributed by atoms with Crippen LogP contribution < -0.4 is 11.5 Å². The second-order valence-corrected chi connectivity index (χ2v) is 2.40. The number of hydrogen-bond donors (Lipinski definition) is 2.